The summed E-state index contributed by atoms with van der Waals surface area (Å²) >= 11 is 0. The van der Waals surface area contributed by atoms with E-state index in [1.165, 1.54) is 0 Å². The molecule has 0 atom stereocenters. The molecule has 5 nitrogen and oxygen atoms in total. The fraction of sp³-hybridized carbons (Fsp3) is 0.714. The smallest absolute Gasteiger partial charge is 0.251 e. The number of nitrogens with zero attached hydrogens (tertiary/aromatic N) is 1. The van der Waals surface area contributed by atoms with Crippen molar-refractivity contribution in [1.82, 2.24) is 15.3 Å². The minimum absolute atomic E-state index is 0.0936. The summed E-state index contributed by atoms with van der Waals surface area (Å²) in [4.78, 5) is 19.3. The van der Waals surface area contributed by atoms with E-state index in [4.69, 9.17) is 4.74 Å². The molecule has 0 spiro atoms. The molecule has 1 heterocycles. The summed E-state index contributed by atoms with van der Waals surface area (Å²) in [6.07, 6.45) is 4.13. The van der Waals surface area contributed by atoms with Crippen LogP contribution in [0.2, 0.25) is 0 Å². The van der Waals surface area contributed by atoms with E-state index in [1.54, 1.807) is 6.07 Å². The zero-order valence-electron chi connectivity index (χ0n) is 11.8. The number of nitrogens with one attached hydrogen (secondary N) is 2. The molecule has 5 heteroatoms. The van der Waals surface area contributed by atoms with Crippen molar-refractivity contribution < 1.29 is 4.74 Å². The van der Waals surface area contributed by atoms with E-state index in [2.05, 4.69) is 15.3 Å². The molecule has 19 heavy (non-hydrogen) atoms. The Morgan fingerprint density at radius 1 is 1.42 bits per heavy atom. The van der Waals surface area contributed by atoms with Crippen molar-refractivity contribution in [2.24, 2.45) is 0 Å². The molecule has 106 valence electrons. The minimum Gasteiger partial charge on any atom is -0.367 e. The topological polar surface area (TPSA) is 67.0 Å². The van der Waals surface area contributed by atoms with Crippen molar-refractivity contribution >= 4 is 0 Å². The zero-order valence-corrected chi connectivity index (χ0v) is 11.8. The molecule has 1 saturated carbocycles. The van der Waals surface area contributed by atoms with E-state index in [0.29, 0.717) is 19.0 Å². The molecule has 0 aliphatic heterocycles. The third-order valence-corrected chi connectivity index (χ3v) is 3.61. The Kier molecular flexibility index (Phi) is 4.71. The van der Waals surface area contributed by atoms with Crippen LogP contribution in [0.5, 0.6) is 0 Å². The molecule has 0 saturated heterocycles. The third-order valence-electron chi connectivity index (χ3n) is 3.61. The SMILES string of the molecule is CCNCc1cc(=O)[nH]c(C2(OCC)CCCC2)n1. The third kappa shape index (κ3) is 3.22. The standard InChI is InChI=1S/C14H23N3O2/c1-3-15-10-11-9-12(18)17-13(16-11)14(19-4-2)7-5-6-8-14/h9,15H,3-8,10H2,1-2H3,(H,16,17,18). The van der Waals surface area contributed by atoms with Gasteiger partial charge in [0.25, 0.3) is 5.56 Å². The molecule has 0 radical (unpaired) electrons. The first-order valence-electron chi connectivity index (χ1n) is 7.15. The Bertz CT molecular complexity index is 464. The molecule has 1 aliphatic rings. The Balaban J connectivity index is 2.31. The maximum Gasteiger partial charge on any atom is 0.251 e. The predicted octanol–water partition coefficient (Wildman–Crippen LogP) is 1.69. The van der Waals surface area contributed by atoms with Crippen molar-refractivity contribution in [3.8, 4) is 0 Å². The van der Waals surface area contributed by atoms with Crippen LogP contribution in [0.4, 0.5) is 0 Å². The maximum absolute atomic E-state index is 11.8. The van der Waals surface area contributed by atoms with Crippen LogP contribution in [0.3, 0.4) is 0 Å². The Morgan fingerprint density at radius 3 is 2.79 bits per heavy atom. The minimum atomic E-state index is -0.379. The summed E-state index contributed by atoms with van der Waals surface area (Å²) in [7, 11) is 0. The first kappa shape index (κ1) is 14.2. The van der Waals surface area contributed by atoms with Gasteiger partial charge in [-0.3, -0.25) is 4.79 Å². The van der Waals surface area contributed by atoms with Crippen LogP contribution in [0.15, 0.2) is 10.9 Å². The second kappa shape index (κ2) is 6.30. The zero-order chi connectivity index (χ0) is 13.7. The summed E-state index contributed by atoms with van der Waals surface area (Å²) in [6, 6.07) is 1.56. The number of aromatic nitrogens is 2. The van der Waals surface area contributed by atoms with Gasteiger partial charge in [0.05, 0.1) is 5.69 Å². The summed E-state index contributed by atoms with van der Waals surface area (Å²) < 4.78 is 5.94. The second-order valence-electron chi connectivity index (χ2n) is 5.00. The average molecular weight is 265 g/mol. The molecule has 0 aromatic carbocycles. The quantitative estimate of drug-likeness (QED) is 0.821. The fourth-order valence-corrected chi connectivity index (χ4v) is 2.74. The monoisotopic (exact) mass is 265 g/mol. The predicted molar refractivity (Wildman–Crippen MR) is 74.0 cm³/mol. The first-order chi connectivity index (χ1) is 9.20. The van der Waals surface area contributed by atoms with E-state index < -0.39 is 0 Å². The van der Waals surface area contributed by atoms with Crippen molar-refractivity contribution in [3.63, 3.8) is 0 Å². The van der Waals surface area contributed by atoms with Gasteiger partial charge in [-0.2, -0.15) is 0 Å². The van der Waals surface area contributed by atoms with Gasteiger partial charge in [0, 0.05) is 19.2 Å². The van der Waals surface area contributed by atoms with Gasteiger partial charge in [0.1, 0.15) is 11.4 Å². The molecule has 0 bridgehead atoms. The molecule has 1 aliphatic carbocycles. The van der Waals surface area contributed by atoms with E-state index >= 15 is 0 Å². The molecule has 0 amide bonds. The largest absolute Gasteiger partial charge is 0.367 e. The maximum atomic E-state index is 11.8. The molecule has 2 N–H and O–H groups in total. The highest BCUT2D eigenvalue weighted by Gasteiger charge is 2.38. The van der Waals surface area contributed by atoms with E-state index in [1.807, 2.05) is 13.8 Å². The van der Waals surface area contributed by atoms with Gasteiger partial charge in [-0.1, -0.05) is 6.92 Å². The van der Waals surface area contributed by atoms with E-state index in [9.17, 15) is 4.79 Å². The molecule has 1 fully saturated rings. The van der Waals surface area contributed by atoms with E-state index in [0.717, 1.165) is 37.9 Å². The first-order valence-corrected chi connectivity index (χ1v) is 7.15. The van der Waals surface area contributed by atoms with Gasteiger partial charge in [-0.15, -0.1) is 0 Å². The summed E-state index contributed by atoms with van der Waals surface area (Å²) in [6.45, 7) is 6.14. The van der Waals surface area contributed by atoms with Crippen LogP contribution in [-0.2, 0) is 16.9 Å². The molecular formula is C14H23N3O2. The van der Waals surface area contributed by atoms with Crippen molar-refractivity contribution in [2.45, 2.75) is 51.7 Å². The second-order valence-corrected chi connectivity index (χ2v) is 5.00. The lowest BCUT2D eigenvalue weighted by molar-refractivity contribution is -0.0460. The molecule has 1 aromatic heterocycles. The lowest BCUT2D eigenvalue weighted by atomic mass is 10.0. The van der Waals surface area contributed by atoms with Gasteiger partial charge in [0.2, 0.25) is 0 Å². The van der Waals surface area contributed by atoms with Gasteiger partial charge < -0.3 is 15.0 Å². The van der Waals surface area contributed by atoms with Crippen LogP contribution < -0.4 is 10.9 Å². The van der Waals surface area contributed by atoms with Crippen LogP contribution in [0, 0.1) is 0 Å². The van der Waals surface area contributed by atoms with Crippen molar-refractivity contribution in [3.05, 3.63) is 27.9 Å². The number of aromatic amines is 1. The number of ether oxygens (including phenoxy) is 1. The van der Waals surface area contributed by atoms with Crippen LogP contribution in [-0.4, -0.2) is 23.1 Å². The summed E-state index contributed by atoms with van der Waals surface area (Å²) in [5.74, 6) is 0.701. The lowest BCUT2D eigenvalue weighted by Gasteiger charge is -2.27. The highest BCUT2D eigenvalue weighted by Crippen LogP contribution is 2.40. The molecular weight excluding hydrogens is 242 g/mol. The average Bonchev–Trinajstić information content (AvgIpc) is 2.86. The Labute approximate surface area is 113 Å². The normalized spacial score (nSPS) is 17.8. The number of H-pyrrole nitrogens is 1. The fourth-order valence-electron chi connectivity index (χ4n) is 2.74. The van der Waals surface area contributed by atoms with Gasteiger partial charge in [0.15, 0.2) is 0 Å². The van der Waals surface area contributed by atoms with Gasteiger partial charge in [-0.25, -0.2) is 4.98 Å². The number of hydrogen-bond acceptors (Lipinski definition) is 4. The van der Waals surface area contributed by atoms with Crippen LogP contribution >= 0.6 is 0 Å². The van der Waals surface area contributed by atoms with Gasteiger partial charge >= 0.3 is 0 Å². The summed E-state index contributed by atoms with van der Waals surface area (Å²) in [5, 5.41) is 3.20. The highest BCUT2D eigenvalue weighted by atomic mass is 16.5. The number of hydrogen-bond donors (Lipinski definition) is 2. The van der Waals surface area contributed by atoms with Crippen molar-refractivity contribution in [1.29, 1.82) is 0 Å². The number of rotatable bonds is 6. The highest BCUT2D eigenvalue weighted by molar-refractivity contribution is 5.10. The summed E-state index contributed by atoms with van der Waals surface area (Å²) in [5.41, 5.74) is 0.311. The molecule has 1 aromatic rings. The van der Waals surface area contributed by atoms with Crippen LogP contribution in [0.1, 0.15) is 51.0 Å². The molecule has 2 rings (SSSR count). The van der Waals surface area contributed by atoms with E-state index in [-0.39, 0.29) is 11.2 Å². The lowest BCUT2D eigenvalue weighted by Crippen LogP contribution is -2.32. The Hall–Kier alpha value is -1.20. The van der Waals surface area contributed by atoms with Crippen LogP contribution in [0.25, 0.3) is 0 Å². The Morgan fingerprint density at radius 2 is 2.16 bits per heavy atom. The van der Waals surface area contributed by atoms with Gasteiger partial charge in [-0.05, 0) is 39.2 Å². The molecule has 0 unspecified atom stereocenters. The van der Waals surface area contributed by atoms with Crippen molar-refractivity contribution in [2.75, 3.05) is 13.2 Å².